The van der Waals surface area contributed by atoms with Gasteiger partial charge in [0.1, 0.15) is 28.6 Å². The van der Waals surface area contributed by atoms with E-state index in [9.17, 15) is 0 Å². The fraction of sp³-hybridized carbons (Fsp3) is 0.250. The Morgan fingerprint density at radius 2 is 2.00 bits per heavy atom. The standard InChI is InChI=1S/C24H25ClFN7O2/c1-11(2)35-21-15(12(3)24-31-13(4)20-23(28)29-7-8-33(20)24)9-16(25)19(26)18(21)14-5-6-17(30-10-14)22(27)32-34/h5-12,34H,1-4H3,(H2,27,32)(H2,28,29)/t12-/m0/s1. The monoisotopic (exact) mass is 497 g/mol. The molecule has 9 nitrogen and oxygen atoms in total. The summed E-state index contributed by atoms with van der Waals surface area (Å²) >= 11 is 6.38. The molecule has 0 spiro atoms. The molecule has 182 valence electrons. The van der Waals surface area contributed by atoms with Gasteiger partial charge in [0.2, 0.25) is 0 Å². The first kappa shape index (κ1) is 24.2. The number of halogens is 2. The van der Waals surface area contributed by atoms with Gasteiger partial charge in [-0.15, -0.1) is 0 Å². The molecule has 35 heavy (non-hydrogen) atoms. The van der Waals surface area contributed by atoms with Gasteiger partial charge in [-0.25, -0.2) is 14.4 Å². The number of oxime groups is 1. The summed E-state index contributed by atoms with van der Waals surface area (Å²) in [7, 11) is 0. The zero-order valence-electron chi connectivity index (χ0n) is 19.6. The van der Waals surface area contributed by atoms with Gasteiger partial charge < -0.3 is 21.4 Å². The van der Waals surface area contributed by atoms with Crippen LogP contribution in [0.4, 0.5) is 10.2 Å². The molecule has 1 aromatic carbocycles. The highest BCUT2D eigenvalue weighted by molar-refractivity contribution is 6.31. The number of nitrogens with zero attached hydrogens (tertiary/aromatic N) is 5. The van der Waals surface area contributed by atoms with E-state index in [1.807, 2.05) is 32.1 Å². The second-order valence-electron chi connectivity index (χ2n) is 8.36. The summed E-state index contributed by atoms with van der Waals surface area (Å²) < 4.78 is 23.5. The predicted molar refractivity (Wildman–Crippen MR) is 133 cm³/mol. The number of pyridine rings is 1. The largest absolute Gasteiger partial charge is 0.490 e. The molecule has 3 heterocycles. The summed E-state index contributed by atoms with van der Waals surface area (Å²) in [6.07, 6.45) is 4.54. The van der Waals surface area contributed by atoms with E-state index >= 15 is 4.39 Å². The Kier molecular flexibility index (Phi) is 6.49. The SMILES string of the molecule is Cc1nc([C@@H](C)c2cc(Cl)c(F)c(-c3ccc(/C(N)=N/O)nc3)c2OC(C)C)n2ccnc(N)c12. The summed E-state index contributed by atoms with van der Waals surface area (Å²) in [5.41, 5.74) is 14.6. The molecule has 0 radical (unpaired) electrons. The van der Waals surface area contributed by atoms with Crippen molar-refractivity contribution in [2.24, 2.45) is 10.9 Å². The lowest BCUT2D eigenvalue weighted by Crippen LogP contribution is -2.15. The van der Waals surface area contributed by atoms with Crippen molar-refractivity contribution in [3.63, 3.8) is 0 Å². The van der Waals surface area contributed by atoms with Gasteiger partial charge >= 0.3 is 0 Å². The molecular formula is C24H25ClFN7O2. The second-order valence-corrected chi connectivity index (χ2v) is 8.77. The molecule has 3 aromatic heterocycles. The summed E-state index contributed by atoms with van der Waals surface area (Å²) in [5, 5.41) is 11.8. The number of ether oxygens (including phenoxy) is 1. The fourth-order valence-electron chi connectivity index (χ4n) is 4.03. The minimum absolute atomic E-state index is 0.0720. The molecule has 0 saturated heterocycles. The molecule has 4 aromatic rings. The molecule has 0 fully saturated rings. The summed E-state index contributed by atoms with van der Waals surface area (Å²) in [4.78, 5) is 13.1. The second kappa shape index (κ2) is 9.38. The first-order valence-electron chi connectivity index (χ1n) is 10.9. The van der Waals surface area contributed by atoms with Crippen LogP contribution in [0.15, 0.2) is 41.9 Å². The van der Waals surface area contributed by atoms with Crippen LogP contribution in [0.1, 0.15) is 49.5 Å². The number of aromatic nitrogens is 4. The van der Waals surface area contributed by atoms with E-state index in [4.69, 9.17) is 38.0 Å². The van der Waals surface area contributed by atoms with E-state index in [-0.39, 0.29) is 34.1 Å². The molecule has 0 aliphatic heterocycles. The van der Waals surface area contributed by atoms with Crippen LogP contribution in [0.2, 0.25) is 5.02 Å². The number of amidine groups is 1. The number of fused-ring (bicyclic) bond motifs is 1. The van der Waals surface area contributed by atoms with Gasteiger partial charge in [-0.1, -0.05) is 29.7 Å². The number of aryl methyl sites for hydroxylation is 1. The van der Waals surface area contributed by atoms with Crippen LogP contribution in [-0.2, 0) is 0 Å². The molecule has 0 aliphatic carbocycles. The summed E-state index contributed by atoms with van der Waals surface area (Å²) in [6.45, 7) is 7.50. The number of hydrogen-bond acceptors (Lipinski definition) is 7. The van der Waals surface area contributed by atoms with Crippen molar-refractivity contribution >= 4 is 28.8 Å². The Hall–Kier alpha value is -3.92. The minimum Gasteiger partial charge on any atom is -0.490 e. The zero-order chi connectivity index (χ0) is 25.4. The third-order valence-electron chi connectivity index (χ3n) is 5.61. The molecule has 1 atom stereocenters. The average Bonchev–Trinajstić information content (AvgIpc) is 3.18. The van der Waals surface area contributed by atoms with Crippen molar-refractivity contribution in [1.29, 1.82) is 0 Å². The Labute approximate surface area is 206 Å². The van der Waals surface area contributed by atoms with E-state index in [1.165, 1.54) is 12.3 Å². The number of benzene rings is 1. The van der Waals surface area contributed by atoms with Crippen molar-refractivity contribution in [3.05, 3.63) is 70.4 Å². The Balaban J connectivity index is 1.95. The molecule has 0 amide bonds. The van der Waals surface area contributed by atoms with Crippen LogP contribution in [0.5, 0.6) is 5.75 Å². The van der Waals surface area contributed by atoms with Gasteiger partial charge in [0.25, 0.3) is 0 Å². The lowest BCUT2D eigenvalue weighted by Gasteiger charge is -2.23. The third-order valence-corrected chi connectivity index (χ3v) is 5.89. The topological polar surface area (TPSA) is 137 Å². The van der Waals surface area contributed by atoms with Crippen LogP contribution in [0.25, 0.3) is 16.6 Å². The van der Waals surface area contributed by atoms with Crippen molar-refractivity contribution in [3.8, 4) is 16.9 Å². The summed E-state index contributed by atoms with van der Waals surface area (Å²) in [5.74, 6) is 0.205. The maximum Gasteiger partial charge on any atom is 0.188 e. The Morgan fingerprint density at radius 1 is 1.26 bits per heavy atom. The third kappa shape index (κ3) is 4.32. The first-order chi connectivity index (χ1) is 16.6. The lowest BCUT2D eigenvalue weighted by molar-refractivity contribution is 0.239. The Morgan fingerprint density at radius 3 is 2.63 bits per heavy atom. The fourth-order valence-corrected chi connectivity index (χ4v) is 4.24. The zero-order valence-corrected chi connectivity index (χ0v) is 20.4. The Bertz CT molecular complexity index is 1430. The molecule has 0 aliphatic rings. The van der Waals surface area contributed by atoms with E-state index in [0.717, 1.165) is 5.69 Å². The van der Waals surface area contributed by atoms with Crippen molar-refractivity contribution in [2.45, 2.75) is 39.7 Å². The molecule has 0 unspecified atom stereocenters. The summed E-state index contributed by atoms with van der Waals surface area (Å²) in [6, 6.07) is 4.69. The molecular weight excluding hydrogens is 473 g/mol. The quantitative estimate of drug-likeness (QED) is 0.154. The van der Waals surface area contributed by atoms with Crippen molar-refractivity contribution in [2.75, 3.05) is 5.73 Å². The highest BCUT2D eigenvalue weighted by Crippen LogP contribution is 2.44. The smallest absolute Gasteiger partial charge is 0.188 e. The molecule has 11 heteroatoms. The number of hydrogen-bond donors (Lipinski definition) is 3. The van der Waals surface area contributed by atoms with E-state index < -0.39 is 5.82 Å². The van der Waals surface area contributed by atoms with E-state index in [0.29, 0.717) is 34.0 Å². The average molecular weight is 498 g/mol. The number of rotatable bonds is 6. The van der Waals surface area contributed by atoms with Gasteiger partial charge in [0.05, 0.1) is 22.4 Å². The molecule has 5 N–H and O–H groups in total. The maximum atomic E-state index is 15.5. The van der Waals surface area contributed by atoms with Gasteiger partial charge in [0, 0.05) is 35.6 Å². The highest BCUT2D eigenvalue weighted by Gasteiger charge is 2.28. The predicted octanol–water partition coefficient (Wildman–Crippen LogP) is 4.51. The van der Waals surface area contributed by atoms with Gasteiger partial charge in [-0.3, -0.25) is 9.38 Å². The highest BCUT2D eigenvalue weighted by atomic mass is 35.5. The van der Waals surface area contributed by atoms with Crippen LogP contribution < -0.4 is 16.2 Å². The number of nitrogen functional groups attached to an aromatic ring is 1. The first-order valence-corrected chi connectivity index (χ1v) is 11.2. The van der Waals surface area contributed by atoms with Crippen molar-refractivity contribution < 1.29 is 14.3 Å². The van der Waals surface area contributed by atoms with Crippen molar-refractivity contribution in [1.82, 2.24) is 19.4 Å². The van der Waals surface area contributed by atoms with Crippen LogP contribution in [0.3, 0.4) is 0 Å². The lowest BCUT2D eigenvalue weighted by atomic mass is 9.93. The number of nitrogens with two attached hydrogens (primary N) is 2. The normalized spacial score (nSPS) is 12.9. The number of anilines is 1. The van der Waals surface area contributed by atoms with Crippen LogP contribution in [0, 0.1) is 12.7 Å². The van der Waals surface area contributed by atoms with Gasteiger partial charge in [0.15, 0.2) is 11.7 Å². The molecule has 4 rings (SSSR count). The van der Waals surface area contributed by atoms with Gasteiger partial charge in [-0.2, -0.15) is 0 Å². The maximum absolute atomic E-state index is 15.5. The van der Waals surface area contributed by atoms with Crippen LogP contribution in [-0.4, -0.2) is 36.5 Å². The van der Waals surface area contributed by atoms with Gasteiger partial charge in [-0.05, 0) is 32.9 Å². The minimum atomic E-state index is -0.644. The van der Waals surface area contributed by atoms with E-state index in [1.54, 1.807) is 24.5 Å². The number of imidazole rings is 1. The molecule has 0 saturated carbocycles. The molecule has 0 bridgehead atoms. The van der Waals surface area contributed by atoms with E-state index in [2.05, 4.69) is 15.1 Å². The van der Waals surface area contributed by atoms with Crippen LogP contribution >= 0.6 is 11.6 Å².